The lowest BCUT2D eigenvalue weighted by Gasteiger charge is -2.39. The fourth-order valence-electron chi connectivity index (χ4n) is 5.54. The highest BCUT2D eigenvalue weighted by Gasteiger charge is 2.35. The second-order valence-corrected chi connectivity index (χ2v) is 10.7. The van der Waals surface area contributed by atoms with Gasteiger partial charge in [0.1, 0.15) is 0 Å². The van der Waals surface area contributed by atoms with Gasteiger partial charge in [0.05, 0.1) is 25.4 Å². The van der Waals surface area contributed by atoms with E-state index < -0.39 is 12.3 Å². The first kappa shape index (κ1) is 30.1. The standard InChI is InChI=1S/C31H42N2O7/c1-38-21-26-9-6-16-33(26)19-27-18-28(23-14-12-22(20-34)13-15-23)40-31(39-27)24-7-5-8-25(17-24)32-29(35)10-3-2-4-11-30(36)37/h5,7-8,12-15,17,26-28,31,34H,2-4,6,9-11,16,18-21H2,1H3,(H,32,35)(H,36,37)/t26-,27+,28-,31-/m0/s1. The molecule has 2 heterocycles. The number of carbonyl (C=O) groups excluding carboxylic acids is 1. The largest absolute Gasteiger partial charge is 0.481 e. The van der Waals surface area contributed by atoms with Crippen LogP contribution in [-0.4, -0.2) is 65.9 Å². The van der Waals surface area contributed by atoms with Gasteiger partial charge in [0.25, 0.3) is 0 Å². The predicted octanol–water partition coefficient (Wildman–Crippen LogP) is 4.81. The Kier molecular flexibility index (Phi) is 11.5. The van der Waals surface area contributed by atoms with E-state index in [4.69, 9.17) is 19.3 Å². The van der Waals surface area contributed by atoms with Crippen molar-refractivity contribution >= 4 is 17.6 Å². The summed E-state index contributed by atoms with van der Waals surface area (Å²) >= 11 is 0. The molecule has 9 nitrogen and oxygen atoms in total. The molecule has 218 valence electrons. The van der Waals surface area contributed by atoms with E-state index >= 15 is 0 Å². The number of aliphatic carboxylic acids is 1. The Balaban J connectivity index is 1.44. The van der Waals surface area contributed by atoms with Crippen LogP contribution in [-0.2, 0) is 30.4 Å². The van der Waals surface area contributed by atoms with Crippen LogP contribution in [0, 0.1) is 0 Å². The Hall–Kier alpha value is -2.82. The van der Waals surface area contributed by atoms with Crippen molar-refractivity contribution in [3.63, 3.8) is 0 Å². The number of benzene rings is 2. The highest BCUT2D eigenvalue weighted by atomic mass is 16.7. The van der Waals surface area contributed by atoms with Crippen molar-refractivity contribution in [3.05, 3.63) is 65.2 Å². The van der Waals surface area contributed by atoms with Crippen molar-refractivity contribution in [2.24, 2.45) is 0 Å². The molecule has 2 fully saturated rings. The van der Waals surface area contributed by atoms with E-state index in [1.54, 1.807) is 7.11 Å². The smallest absolute Gasteiger partial charge is 0.303 e. The highest BCUT2D eigenvalue weighted by molar-refractivity contribution is 5.90. The first-order valence-electron chi connectivity index (χ1n) is 14.3. The van der Waals surface area contributed by atoms with Crippen LogP contribution in [0.4, 0.5) is 5.69 Å². The van der Waals surface area contributed by atoms with Crippen molar-refractivity contribution in [1.29, 1.82) is 0 Å². The van der Waals surface area contributed by atoms with E-state index in [9.17, 15) is 14.7 Å². The van der Waals surface area contributed by atoms with Gasteiger partial charge in [0.15, 0.2) is 6.29 Å². The molecule has 0 radical (unpaired) electrons. The van der Waals surface area contributed by atoms with Gasteiger partial charge < -0.3 is 29.7 Å². The zero-order valence-corrected chi connectivity index (χ0v) is 23.3. The van der Waals surface area contributed by atoms with Crippen LogP contribution in [0.5, 0.6) is 0 Å². The van der Waals surface area contributed by atoms with Gasteiger partial charge >= 0.3 is 5.97 Å². The summed E-state index contributed by atoms with van der Waals surface area (Å²) in [6.45, 7) is 2.52. The van der Waals surface area contributed by atoms with E-state index in [2.05, 4.69) is 10.2 Å². The van der Waals surface area contributed by atoms with E-state index in [-0.39, 0.29) is 31.1 Å². The molecule has 0 aromatic heterocycles. The molecule has 4 rings (SSSR count). The minimum absolute atomic E-state index is 0.00312. The number of hydrogen-bond acceptors (Lipinski definition) is 7. The number of hydrogen-bond donors (Lipinski definition) is 3. The zero-order valence-electron chi connectivity index (χ0n) is 23.3. The molecule has 0 unspecified atom stereocenters. The number of nitrogens with one attached hydrogen (secondary N) is 1. The van der Waals surface area contributed by atoms with Gasteiger partial charge in [-0.1, -0.05) is 42.8 Å². The van der Waals surface area contributed by atoms with Crippen molar-refractivity contribution < 1.29 is 34.0 Å². The van der Waals surface area contributed by atoms with Gasteiger partial charge in [-0.25, -0.2) is 0 Å². The number of amides is 1. The Labute approximate surface area is 236 Å². The van der Waals surface area contributed by atoms with Crippen LogP contribution in [0.15, 0.2) is 48.5 Å². The van der Waals surface area contributed by atoms with Gasteiger partial charge in [0.2, 0.25) is 5.91 Å². The zero-order chi connectivity index (χ0) is 28.3. The molecular weight excluding hydrogens is 512 g/mol. The maximum atomic E-state index is 12.5. The minimum Gasteiger partial charge on any atom is -0.481 e. The molecular formula is C31H42N2O7. The number of unbranched alkanes of at least 4 members (excludes halogenated alkanes) is 2. The van der Waals surface area contributed by atoms with Crippen LogP contribution in [0.25, 0.3) is 0 Å². The summed E-state index contributed by atoms with van der Waals surface area (Å²) in [5.74, 6) is -0.911. The summed E-state index contributed by atoms with van der Waals surface area (Å²) in [4.78, 5) is 25.6. The number of nitrogens with zero attached hydrogens (tertiary/aromatic N) is 1. The van der Waals surface area contributed by atoms with E-state index in [0.29, 0.717) is 50.4 Å². The molecule has 2 aromatic rings. The molecule has 0 saturated carbocycles. The van der Waals surface area contributed by atoms with Gasteiger partial charge in [0, 0.05) is 50.2 Å². The summed E-state index contributed by atoms with van der Waals surface area (Å²) in [7, 11) is 1.74. The van der Waals surface area contributed by atoms with Crippen LogP contribution in [0.3, 0.4) is 0 Å². The SMILES string of the molecule is COC[C@@H]1CCCN1C[C@H]1C[C@@H](c2ccc(CO)cc2)O[C@@H](c2cccc(NC(=O)CCCCCC(=O)O)c2)O1. The fraction of sp³-hybridized carbons (Fsp3) is 0.548. The number of rotatable bonds is 14. The Morgan fingerprint density at radius 3 is 2.60 bits per heavy atom. The number of aliphatic hydroxyl groups is 1. The van der Waals surface area contributed by atoms with Gasteiger partial charge in [-0.3, -0.25) is 14.5 Å². The number of carboxylic acid groups (broad SMARTS) is 1. The molecule has 2 saturated heterocycles. The van der Waals surface area contributed by atoms with E-state index in [0.717, 1.165) is 42.6 Å². The van der Waals surface area contributed by atoms with Crippen molar-refractivity contribution in [2.45, 2.75) is 82.5 Å². The second-order valence-electron chi connectivity index (χ2n) is 10.7. The molecule has 40 heavy (non-hydrogen) atoms. The Bertz CT molecular complexity index is 1090. The van der Waals surface area contributed by atoms with E-state index in [1.165, 1.54) is 0 Å². The number of carboxylic acids is 1. The van der Waals surface area contributed by atoms with Crippen LogP contribution >= 0.6 is 0 Å². The molecule has 9 heteroatoms. The molecule has 2 aliphatic heterocycles. The van der Waals surface area contributed by atoms with Gasteiger partial charge in [-0.15, -0.1) is 0 Å². The first-order chi connectivity index (χ1) is 19.4. The normalized spacial score (nSPS) is 23.2. The van der Waals surface area contributed by atoms with Gasteiger partial charge in [-0.05, 0) is 55.5 Å². The Morgan fingerprint density at radius 1 is 1.05 bits per heavy atom. The number of carbonyl (C=O) groups is 2. The van der Waals surface area contributed by atoms with E-state index in [1.807, 2.05) is 48.5 Å². The lowest BCUT2D eigenvalue weighted by atomic mass is 9.99. The first-order valence-corrected chi connectivity index (χ1v) is 14.3. The average Bonchev–Trinajstić information content (AvgIpc) is 3.39. The monoisotopic (exact) mass is 554 g/mol. The number of methoxy groups -OCH3 is 1. The molecule has 1 amide bonds. The quantitative estimate of drug-likeness (QED) is 0.285. The summed E-state index contributed by atoms with van der Waals surface area (Å²) in [6, 6.07) is 15.8. The van der Waals surface area contributed by atoms with Crippen LogP contribution in [0.1, 0.15) is 80.5 Å². The van der Waals surface area contributed by atoms with Crippen molar-refractivity contribution in [3.8, 4) is 0 Å². The number of anilines is 1. The average molecular weight is 555 g/mol. The summed E-state index contributed by atoms with van der Waals surface area (Å²) in [5, 5.41) is 21.2. The third-order valence-corrected chi connectivity index (χ3v) is 7.65. The van der Waals surface area contributed by atoms with Gasteiger partial charge in [-0.2, -0.15) is 0 Å². The lowest BCUT2D eigenvalue weighted by molar-refractivity contribution is -0.253. The topological polar surface area (TPSA) is 118 Å². The maximum absolute atomic E-state index is 12.5. The molecule has 0 bridgehead atoms. The van der Waals surface area contributed by atoms with Crippen LogP contribution in [0.2, 0.25) is 0 Å². The molecule has 0 aliphatic carbocycles. The van der Waals surface area contributed by atoms with Crippen molar-refractivity contribution in [1.82, 2.24) is 4.90 Å². The molecule has 3 N–H and O–H groups in total. The third-order valence-electron chi connectivity index (χ3n) is 7.65. The summed E-state index contributed by atoms with van der Waals surface area (Å²) < 4.78 is 18.5. The lowest BCUT2D eigenvalue weighted by Crippen LogP contribution is -2.42. The second kappa shape index (κ2) is 15.3. The molecule has 2 aliphatic rings. The predicted molar refractivity (Wildman–Crippen MR) is 151 cm³/mol. The summed E-state index contributed by atoms with van der Waals surface area (Å²) in [6.07, 6.45) is 4.54. The summed E-state index contributed by atoms with van der Waals surface area (Å²) in [5.41, 5.74) is 3.40. The highest BCUT2D eigenvalue weighted by Crippen LogP contribution is 2.39. The fourth-order valence-corrected chi connectivity index (χ4v) is 5.54. The van der Waals surface area contributed by atoms with Crippen molar-refractivity contribution in [2.75, 3.05) is 32.1 Å². The van der Waals surface area contributed by atoms with Crippen LogP contribution < -0.4 is 5.32 Å². The molecule has 2 aromatic carbocycles. The third kappa shape index (κ3) is 8.84. The minimum atomic E-state index is -0.810. The number of ether oxygens (including phenoxy) is 3. The molecule has 0 spiro atoms. The number of likely N-dealkylation sites (tertiary alicyclic amines) is 1. The number of aliphatic hydroxyl groups excluding tert-OH is 1. The molecule has 4 atom stereocenters. The maximum Gasteiger partial charge on any atom is 0.303 e. The Morgan fingerprint density at radius 2 is 1.85 bits per heavy atom.